The maximum atomic E-state index is 12.3. The third-order valence-electron chi connectivity index (χ3n) is 2.64. The van der Waals surface area contributed by atoms with Crippen LogP contribution in [0.1, 0.15) is 11.1 Å². The van der Waals surface area contributed by atoms with E-state index >= 15 is 0 Å². The van der Waals surface area contributed by atoms with Crippen molar-refractivity contribution in [2.75, 3.05) is 4.72 Å². The molecular formula is C13H10ClN3O2S. The van der Waals surface area contributed by atoms with Crippen LogP contribution in [0.25, 0.3) is 0 Å². The molecule has 0 fully saturated rings. The molecule has 102 valence electrons. The van der Waals surface area contributed by atoms with E-state index < -0.39 is 10.0 Å². The molecule has 1 heterocycles. The van der Waals surface area contributed by atoms with E-state index in [4.69, 9.17) is 16.9 Å². The van der Waals surface area contributed by atoms with Crippen molar-refractivity contribution in [2.24, 2.45) is 0 Å². The average molecular weight is 308 g/mol. The third kappa shape index (κ3) is 2.74. The molecule has 0 spiro atoms. The van der Waals surface area contributed by atoms with Crippen molar-refractivity contribution in [3.05, 3.63) is 52.8 Å². The number of pyridine rings is 1. The first kappa shape index (κ1) is 14.3. The van der Waals surface area contributed by atoms with Crippen molar-refractivity contribution < 1.29 is 8.42 Å². The van der Waals surface area contributed by atoms with E-state index in [0.717, 1.165) is 0 Å². The van der Waals surface area contributed by atoms with Gasteiger partial charge in [0.2, 0.25) is 0 Å². The highest BCUT2D eigenvalue weighted by Gasteiger charge is 2.20. The summed E-state index contributed by atoms with van der Waals surface area (Å²) in [6, 6.07) is 9.71. The lowest BCUT2D eigenvalue weighted by Gasteiger charge is -2.11. The topological polar surface area (TPSA) is 82.8 Å². The van der Waals surface area contributed by atoms with Gasteiger partial charge in [-0.1, -0.05) is 23.7 Å². The first-order chi connectivity index (χ1) is 9.45. The summed E-state index contributed by atoms with van der Waals surface area (Å²) < 4.78 is 26.9. The molecule has 0 unspecified atom stereocenters. The van der Waals surface area contributed by atoms with Gasteiger partial charge in [0.25, 0.3) is 10.0 Å². The number of nitrogens with one attached hydrogen (secondary N) is 1. The second-order valence-electron chi connectivity index (χ2n) is 4.01. The Morgan fingerprint density at radius 3 is 2.70 bits per heavy atom. The van der Waals surface area contributed by atoms with Crippen LogP contribution in [-0.4, -0.2) is 13.4 Å². The lowest BCUT2D eigenvalue weighted by atomic mass is 10.1. The van der Waals surface area contributed by atoms with E-state index in [2.05, 4.69) is 9.71 Å². The summed E-state index contributed by atoms with van der Waals surface area (Å²) in [5, 5.41) is 8.98. The van der Waals surface area contributed by atoms with E-state index in [1.54, 1.807) is 19.1 Å². The molecule has 0 aliphatic carbocycles. The largest absolute Gasteiger partial charge is 0.278 e. The van der Waals surface area contributed by atoms with E-state index in [1.165, 1.54) is 24.4 Å². The molecule has 5 nitrogen and oxygen atoms in total. The Kier molecular flexibility index (Phi) is 3.93. The molecule has 0 radical (unpaired) electrons. The fraction of sp³-hybridized carbons (Fsp3) is 0.0769. The molecule has 20 heavy (non-hydrogen) atoms. The molecule has 0 saturated carbocycles. The minimum Gasteiger partial charge on any atom is -0.278 e. The van der Waals surface area contributed by atoms with Gasteiger partial charge in [-0.3, -0.25) is 4.72 Å². The minimum atomic E-state index is -3.89. The summed E-state index contributed by atoms with van der Waals surface area (Å²) in [7, 11) is -3.89. The van der Waals surface area contributed by atoms with Crippen LogP contribution < -0.4 is 4.72 Å². The van der Waals surface area contributed by atoms with Gasteiger partial charge in [-0.2, -0.15) is 5.26 Å². The highest BCUT2D eigenvalue weighted by molar-refractivity contribution is 7.92. The normalized spacial score (nSPS) is 10.8. The number of aromatic nitrogens is 1. The predicted octanol–water partition coefficient (Wildman–Crippen LogP) is 2.72. The number of sulfonamides is 1. The average Bonchev–Trinajstić information content (AvgIpc) is 2.39. The van der Waals surface area contributed by atoms with Gasteiger partial charge >= 0.3 is 0 Å². The van der Waals surface area contributed by atoms with Gasteiger partial charge in [-0.25, -0.2) is 13.4 Å². The maximum absolute atomic E-state index is 12.3. The van der Waals surface area contributed by atoms with Gasteiger partial charge in [0.15, 0.2) is 0 Å². The number of halogens is 1. The van der Waals surface area contributed by atoms with Gasteiger partial charge < -0.3 is 0 Å². The Morgan fingerprint density at radius 2 is 2.05 bits per heavy atom. The lowest BCUT2D eigenvalue weighted by molar-refractivity contribution is 0.601. The zero-order chi connectivity index (χ0) is 14.8. The molecule has 1 N–H and O–H groups in total. The fourth-order valence-electron chi connectivity index (χ4n) is 1.67. The number of anilines is 1. The first-order valence-corrected chi connectivity index (χ1v) is 7.45. The molecule has 2 rings (SSSR count). The summed E-state index contributed by atoms with van der Waals surface area (Å²) in [6.07, 6.45) is 1.40. The first-order valence-electron chi connectivity index (χ1n) is 5.59. The number of hydrogen-bond acceptors (Lipinski definition) is 4. The van der Waals surface area contributed by atoms with Crippen LogP contribution in [0.2, 0.25) is 5.15 Å². The van der Waals surface area contributed by atoms with Gasteiger partial charge in [-0.05, 0) is 30.7 Å². The summed E-state index contributed by atoms with van der Waals surface area (Å²) in [5.41, 5.74) is 1.17. The van der Waals surface area contributed by atoms with Crippen LogP contribution in [0.5, 0.6) is 0 Å². The molecule has 1 aromatic heterocycles. The number of hydrogen-bond donors (Lipinski definition) is 1. The maximum Gasteiger partial charge on any atom is 0.265 e. The fourth-order valence-corrected chi connectivity index (χ4v) is 3.20. The SMILES string of the molecule is Cc1cccc(NS(=O)(=O)c2cccnc2Cl)c1C#N. The number of benzene rings is 1. The molecule has 0 aliphatic rings. The Morgan fingerprint density at radius 1 is 1.30 bits per heavy atom. The van der Waals surface area contributed by atoms with Crippen molar-refractivity contribution in [3.63, 3.8) is 0 Å². The van der Waals surface area contributed by atoms with Crippen LogP contribution in [-0.2, 0) is 10.0 Å². The second-order valence-corrected chi connectivity index (χ2v) is 6.02. The van der Waals surface area contributed by atoms with Crippen molar-refractivity contribution in [2.45, 2.75) is 11.8 Å². The van der Waals surface area contributed by atoms with E-state index in [0.29, 0.717) is 5.56 Å². The highest BCUT2D eigenvalue weighted by Crippen LogP contribution is 2.24. The van der Waals surface area contributed by atoms with Crippen molar-refractivity contribution >= 4 is 27.3 Å². The van der Waals surface area contributed by atoms with Gasteiger partial charge in [0, 0.05) is 6.20 Å². The molecule has 1 aromatic carbocycles. The Hall–Kier alpha value is -2.10. The third-order valence-corrected chi connectivity index (χ3v) is 4.45. The van der Waals surface area contributed by atoms with E-state index in [9.17, 15) is 8.42 Å². The molecule has 0 aliphatic heterocycles. The molecule has 0 amide bonds. The number of aryl methyl sites for hydroxylation is 1. The van der Waals surface area contributed by atoms with Crippen molar-refractivity contribution in [3.8, 4) is 6.07 Å². The van der Waals surface area contributed by atoms with E-state index in [1.807, 2.05) is 6.07 Å². The Balaban J connectivity index is 2.48. The lowest BCUT2D eigenvalue weighted by Crippen LogP contribution is -2.15. The quantitative estimate of drug-likeness (QED) is 0.884. The second kappa shape index (κ2) is 5.49. The van der Waals surface area contributed by atoms with Crippen LogP contribution in [0.3, 0.4) is 0 Å². The van der Waals surface area contributed by atoms with E-state index in [-0.39, 0.29) is 21.3 Å². The van der Waals surface area contributed by atoms with Crippen LogP contribution >= 0.6 is 11.6 Å². The smallest absolute Gasteiger partial charge is 0.265 e. The molecular weight excluding hydrogens is 298 g/mol. The Labute approximate surface area is 121 Å². The minimum absolute atomic E-state index is 0.119. The molecule has 7 heteroatoms. The Bertz CT molecular complexity index is 798. The zero-order valence-electron chi connectivity index (χ0n) is 10.5. The molecule has 0 saturated heterocycles. The van der Waals surface area contributed by atoms with Crippen LogP contribution in [0, 0.1) is 18.3 Å². The predicted molar refractivity (Wildman–Crippen MR) is 75.9 cm³/mol. The van der Waals surface area contributed by atoms with Crippen LogP contribution in [0.4, 0.5) is 5.69 Å². The summed E-state index contributed by atoms with van der Waals surface area (Å²) in [6.45, 7) is 1.73. The van der Waals surface area contributed by atoms with Crippen molar-refractivity contribution in [1.82, 2.24) is 4.98 Å². The van der Waals surface area contributed by atoms with Gasteiger partial charge in [0.05, 0.1) is 11.3 Å². The highest BCUT2D eigenvalue weighted by atomic mass is 35.5. The zero-order valence-corrected chi connectivity index (χ0v) is 12.0. The van der Waals surface area contributed by atoms with Gasteiger partial charge in [-0.15, -0.1) is 0 Å². The molecule has 0 atom stereocenters. The summed E-state index contributed by atoms with van der Waals surface area (Å²) in [5.74, 6) is 0. The van der Waals surface area contributed by atoms with Gasteiger partial charge in [0.1, 0.15) is 16.1 Å². The monoisotopic (exact) mass is 307 g/mol. The summed E-state index contributed by atoms with van der Waals surface area (Å²) in [4.78, 5) is 3.60. The number of rotatable bonds is 3. The number of nitrogens with zero attached hydrogens (tertiary/aromatic N) is 2. The summed E-state index contributed by atoms with van der Waals surface area (Å²) >= 11 is 5.78. The standard InChI is InChI=1S/C13H10ClN3O2S/c1-9-4-2-5-11(10(9)8-15)17-20(18,19)12-6-3-7-16-13(12)14/h2-7,17H,1H3. The van der Waals surface area contributed by atoms with Crippen LogP contribution in [0.15, 0.2) is 41.4 Å². The number of nitriles is 1. The molecule has 0 bridgehead atoms. The molecule has 2 aromatic rings. The van der Waals surface area contributed by atoms with Crippen molar-refractivity contribution in [1.29, 1.82) is 5.26 Å².